The van der Waals surface area contributed by atoms with Crippen molar-refractivity contribution < 1.29 is 18.3 Å². The van der Waals surface area contributed by atoms with Crippen molar-refractivity contribution in [3.8, 4) is 23.2 Å². The Labute approximate surface area is 243 Å². The van der Waals surface area contributed by atoms with Gasteiger partial charge in [0.15, 0.2) is 5.82 Å². The third-order valence-corrected chi connectivity index (χ3v) is 10.3. The third kappa shape index (κ3) is 3.88. The topological polar surface area (TPSA) is 109 Å². The lowest BCUT2D eigenvalue weighted by molar-refractivity contribution is 0.0785. The highest BCUT2D eigenvalue weighted by molar-refractivity contribution is 7.23. The van der Waals surface area contributed by atoms with Crippen LogP contribution >= 0.6 is 22.9 Å². The van der Waals surface area contributed by atoms with Crippen LogP contribution in [0.25, 0.3) is 32.1 Å². The first-order valence-electron chi connectivity index (χ1n) is 13.7. The fourth-order valence-electron chi connectivity index (χ4n) is 7.00. The number of hydrogen-bond acceptors (Lipinski definition) is 9. The molecule has 8 nitrogen and oxygen atoms in total. The number of nitrogens with zero attached hydrogens (tertiary/aromatic N) is 4. The summed E-state index contributed by atoms with van der Waals surface area (Å²) in [5, 5.41) is 14.4. The van der Waals surface area contributed by atoms with Gasteiger partial charge in [-0.2, -0.15) is 15.2 Å². The van der Waals surface area contributed by atoms with E-state index in [9.17, 15) is 9.65 Å². The van der Waals surface area contributed by atoms with Gasteiger partial charge in [-0.05, 0) is 43.4 Å². The second kappa shape index (κ2) is 9.10. The standard InChI is InChI=1S/C29H25ClF2N6O2S/c30-19-5-17-24(23(32)22(19)16-3-4-20(31)25-21(16)18(8-33)26(34)41-25)36-28(40-12-29-6-15(7-29)39-11-29)37-27(17)38-9-13-1-2-14(10-38)35-13/h3-5,13-15,35H,1-2,6-7,9-12,34H2. The van der Waals surface area contributed by atoms with Crippen LogP contribution < -0.4 is 20.7 Å². The van der Waals surface area contributed by atoms with Gasteiger partial charge in [-0.3, -0.25) is 0 Å². The van der Waals surface area contributed by atoms with Crippen LogP contribution in [-0.2, 0) is 4.74 Å². The number of benzene rings is 2. The predicted molar refractivity (Wildman–Crippen MR) is 153 cm³/mol. The number of nitrogens with two attached hydrogens (primary N) is 1. The number of nitriles is 1. The van der Waals surface area contributed by atoms with Crippen molar-refractivity contribution in [2.75, 3.05) is 36.9 Å². The third-order valence-electron chi connectivity index (χ3n) is 9.01. The van der Waals surface area contributed by atoms with Crippen molar-refractivity contribution in [3.63, 3.8) is 0 Å². The van der Waals surface area contributed by atoms with Crippen molar-refractivity contribution in [2.45, 2.75) is 43.9 Å². The van der Waals surface area contributed by atoms with Crippen molar-refractivity contribution in [1.82, 2.24) is 15.3 Å². The Hall–Kier alpha value is -3.30. The molecule has 5 aliphatic rings. The summed E-state index contributed by atoms with van der Waals surface area (Å²) in [5.74, 6) is -0.655. The van der Waals surface area contributed by atoms with E-state index in [0.717, 1.165) is 50.1 Å². The number of aromatic nitrogens is 2. The molecular weight excluding hydrogens is 570 g/mol. The zero-order chi connectivity index (χ0) is 28.0. The van der Waals surface area contributed by atoms with Gasteiger partial charge in [-0.25, -0.2) is 8.78 Å². The van der Waals surface area contributed by atoms with E-state index in [-0.39, 0.29) is 53.7 Å². The van der Waals surface area contributed by atoms with Gasteiger partial charge in [0.25, 0.3) is 0 Å². The molecule has 9 rings (SSSR count). The first kappa shape index (κ1) is 25.4. The van der Waals surface area contributed by atoms with Gasteiger partial charge in [0, 0.05) is 46.9 Å². The van der Waals surface area contributed by atoms with Gasteiger partial charge in [0.1, 0.15) is 28.2 Å². The number of halogens is 3. The van der Waals surface area contributed by atoms with E-state index in [1.54, 1.807) is 6.07 Å². The Balaban J connectivity index is 1.31. The molecule has 4 aromatic rings. The maximum absolute atomic E-state index is 16.7. The molecule has 2 aromatic carbocycles. The predicted octanol–water partition coefficient (Wildman–Crippen LogP) is 5.40. The molecule has 0 amide bonds. The van der Waals surface area contributed by atoms with E-state index in [2.05, 4.69) is 15.2 Å². The average Bonchev–Trinajstić information content (AvgIpc) is 3.71. The molecule has 1 saturated carbocycles. The fraction of sp³-hybridized carbons (Fsp3) is 0.414. The van der Waals surface area contributed by atoms with Crippen molar-refractivity contribution >= 4 is 54.7 Å². The summed E-state index contributed by atoms with van der Waals surface area (Å²) in [4.78, 5) is 11.5. The average molecular weight is 595 g/mol. The minimum absolute atomic E-state index is 0.0269. The van der Waals surface area contributed by atoms with Gasteiger partial charge in [-0.1, -0.05) is 17.7 Å². The van der Waals surface area contributed by atoms with Crippen molar-refractivity contribution in [3.05, 3.63) is 40.4 Å². The minimum atomic E-state index is -0.688. The summed E-state index contributed by atoms with van der Waals surface area (Å²) in [6, 6.07) is 7.11. The Morgan fingerprint density at radius 2 is 2.02 bits per heavy atom. The molecule has 2 atom stereocenters. The Morgan fingerprint density at radius 3 is 2.73 bits per heavy atom. The summed E-state index contributed by atoms with van der Waals surface area (Å²) in [5.41, 5.74) is 6.45. The minimum Gasteiger partial charge on any atom is -0.463 e. The van der Waals surface area contributed by atoms with Gasteiger partial charge in [0.2, 0.25) is 0 Å². The molecule has 0 spiro atoms. The van der Waals surface area contributed by atoms with Crippen LogP contribution in [0.1, 0.15) is 31.2 Å². The molecule has 0 radical (unpaired) electrons. The molecule has 4 saturated heterocycles. The number of ether oxygens (including phenoxy) is 2. The van der Waals surface area contributed by atoms with E-state index >= 15 is 4.39 Å². The summed E-state index contributed by atoms with van der Waals surface area (Å²) < 4.78 is 43.5. The first-order valence-corrected chi connectivity index (χ1v) is 14.9. The SMILES string of the molecule is N#Cc1c(N)sc2c(F)ccc(-c3c(Cl)cc4c(N5CC6CCC(C5)N6)nc(OCC56COC(C5)C6)nc4c3F)c12. The molecule has 5 fully saturated rings. The number of nitrogen functional groups attached to an aromatic ring is 1. The number of thiophene rings is 1. The lowest BCUT2D eigenvalue weighted by Crippen LogP contribution is -2.51. The number of nitrogens with one attached hydrogen (secondary N) is 1. The molecule has 1 aliphatic carbocycles. The van der Waals surface area contributed by atoms with Crippen LogP contribution in [0.15, 0.2) is 18.2 Å². The maximum atomic E-state index is 16.7. The number of rotatable bonds is 5. The summed E-state index contributed by atoms with van der Waals surface area (Å²) in [6.07, 6.45) is 4.31. The molecule has 4 aliphatic heterocycles. The number of fused-ring (bicyclic) bond motifs is 5. The zero-order valence-corrected chi connectivity index (χ0v) is 23.4. The second-order valence-electron chi connectivity index (χ2n) is 11.7. The molecule has 12 heteroatoms. The monoisotopic (exact) mass is 594 g/mol. The lowest BCUT2D eigenvalue weighted by Gasteiger charge is -2.35. The molecule has 3 N–H and O–H groups in total. The largest absolute Gasteiger partial charge is 0.463 e. The van der Waals surface area contributed by atoms with E-state index in [1.165, 1.54) is 12.1 Å². The molecule has 2 unspecified atom stereocenters. The zero-order valence-electron chi connectivity index (χ0n) is 21.8. The van der Waals surface area contributed by atoms with Crippen LogP contribution in [0.5, 0.6) is 6.01 Å². The quantitative estimate of drug-likeness (QED) is 0.316. The number of hydrogen-bond donors (Lipinski definition) is 2. The van der Waals surface area contributed by atoms with E-state index in [0.29, 0.717) is 42.6 Å². The normalized spacial score (nSPS) is 26.5. The van der Waals surface area contributed by atoms with Gasteiger partial charge in [0.05, 0.1) is 34.6 Å². The Kier molecular flexibility index (Phi) is 5.64. The second-order valence-corrected chi connectivity index (χ2v) is 13.2. The Bertz CT molecular complexity index is 1780. The van der Waals surface area contributed by atoms with Crippen molar-refractivity contribution in [2.24, 2.45) is 5.41 Å². The lowest BCUT2D eigenvalue weighted by atomic mass is 9.71. The van der Waals surface area contributed by atoms with Crippen LogP contribution in [-0.4, -0.2) is 54.5 Å². The highest BCUT2D eigenvalue weighted by Crippen LogP contribution is 2.50. The smallest absolute Gasteiger partial charge is 0.319 e. The van der Waals surface area contributed by atoms with E-state index < -0.39 is 11.6 Å². The fourth-order valence-corrected chi connectivity index (χ4v) is 8.25. The van der Waals surface area contributed by atoms with E-state index in [4.69, 9.17) is 31.8 Å². The highest BCUT2D eigenvalue weighted by Gasteiger charge is 2.52. The highest BCUT2D eigenvalue weighted by atomic mass is 35.5. The summed E-state index contributed by atoms with van der Waals surface area (Å²) in [6.45, 7) is 2.47. The molecule has 210 valence electrons. The van der Waals surface area contributed by atoms with Gasteiger partial charge < -0.3 is 25.4 Å². The van der Waals surface area contributed by atoms with Crippen molar-refractivity contribution in [1.29, 1.82) is 5.26 Å². The number of anilines is 2. The van der Waals surface area contributed by atoms with Gasteiger partial charge >= 0.3 is 6.01 Å². The number of piperazine rings is 1. The molecule has 41 heavy (non-hydrogen) atoms. The van der Waals surface area contributed by atoms with Crippen LogP contribution in [0, 0.1) is 28.4 Å². The molecule has 4 bridgehead atoms. The first-order chi connectivity index (χ1) is 19.8. The van der Waals surface area contributed by atoms with Crippen LogP contribution in [0.2, 0.25) is 5.02 Å². The Morgan fingerprint density at radius 1 is 1.24 bits per heavy atom. The molecule has 6 heterocycles. The summed E-state index contributed by atoms with van der Waals surface area (Å²) >= 11 is 7.75. The van der Waals surface area contributed by atoms with Crippen LogP contribution in [0.3, 0.4) is 0 Å². The molecule has 2 aromatic heterocycles. The van der Waals surface area contributed by atoms with Crippen LogP contribution in [0.4, 0.5) is 19.6 Å². The van der Waals surface area contributed by atoms with Gasteiger partial charge in [-0.15, -0.1) is 11.3 Å². The van der Waals surface area contributed by atoms with E-state index in [1.807, 2.05) is 6.07 Å². The maximum Gasteiger partial charge on any atom is 0.319 e. The summed E-state index contributed by atoms with van der Waals surface area (Å²) in [7, 11) is 0. The molecular formula is C29H25ClF2N6O2S.